The molecular formula is C15H19N5O3. The second-order valence-electron chi connectivity index (χ2n) is 5.56. The van der Waals surface area contributed by atoms with E-state index in [1.165, 1.54) is 18.5 Å². The topological polar surface area (TPSA) is 93.4 Å². The van der Waals surface area contributed by atoms with Crippen molar-refractivity contribution in [3.63, 3.8) is 0 Å². The first-order valence-electron chi connectivity index (χ1n) is 7.60. The molecule has 1 fully saturated rings. The summed E-state index contributed by atoms with van der Waals surface area (Å²) in [7, 11) is 0. The van der Waals surface area contributed by atoms with E-state index in [0.717, 1.165) is 26.3 Å². The van der Waals surface area contributed by atoms with E-state index in [-0.39, 0.29) is 5.69 Å². The third-order valence-electron chi connectivity index (χ3n) is 4.06. The fraction of sp³-hybridized carbons (Fsp3) is 0.467. The number of non-ortho nitro benzene ring substituents is 1. The predicted octanol–water partition coefficient (Wildman–Crippen LogP) is 1.67. The van der Waals surface area contributed by atoms with Gasteiger partial charge in [-0.1, -0.05) is 0 Å². The Balaban J connectivity index is 1.76. The van der Waals surface area contributed by atoms with Crippen molar-refractivity contribution in [2.75, 3.05) is 38.2 Å². The summed E-state index contributed by atoms with van der Waals surface area (Å²) >= 11 is 0. The van der Waals surface area contributed by atoms with Gasteiger partial charge in [0, 0.05) is 43.2 Å². The van der Waals surface area contributed by atoms with Crippen LogP contribution >= 0.6 is 0 Å². The van der Waals surface area contributed by atoms with E-state index >= 15 is 0 Å². The number of fused-ring (bicyclic) bond motifs is 1. The number of anilines is 1. The first-order chi connectivity index (χ1) is 11.1. The zero-order chi connectivity index (χ0) is 16.2. The molecule has 0 aliphatic carbocycles. The van der Waals surface area contributed by atoms with Crippen molar-refractivity contribution in [2.24, 2.45) is 0 Å². The third kappa shape index (κ3) is 3.54. The summed E-state index contributed by atoms with van der Waals surface area (Å²) in [5.74, 6) is 0.624. The molecule has 0 radical (unpaired) electrons. The van der Waals surface area contributed by atoms with Crippen LogP contribution in [0, 0.1) is 10.1 Å². The lowest BCUT2D eigenvalue weighted by Crippen LogP contribution is -2.45. The van der Waals surface area contributed by atoms with Crippen LogP contribution in [0.4, 0.5) is 11.5 Å². The molecule has 2 aromatic rings. The van der Waals surface area contributed by atoms with E-state index in [2.05, 4.69) is 27.1 Å². The van der Waals surface area contributed by atoms with Crippen molar-refractivity contribution < 1.29 is 9.66 Å². The van der Waals surface area contributed by atoms with Gasteiger partial charge in [-0.25, -0.2) is 9.97 Å². The summed E-state index contributed by atoms with van der Waals surface area (Å²) in [6.45, 7) is 6.19. The van der Waals surface area contributed by atoms with Gasteiger partial charge >= 0.3 is 0 Å². The van der Waals surface area contributed by atoms with Crippen LogP contribution in [0.2, 0.25) is 0 Å². The van der Waals surface area contributed by atoms with E-state index in [4.69, 9.17) is 4.74 Å². The Labute approximate surface area is 133 Å². The molecule has 0 bridgehead atoms. The number of morpholine rings is 1. The van der Waals surface area contributed by atoms with Gasteiger partial charge in [0.25, 0.3) is 5.69 Å². The molecule has 3 rings (SSSR count). The highest BCUT2D eigenvalue weighted by Gasteiger charge is 2.17. The number of rotatable bonds is 5. The van der Waals surface area contributed by atoms with Crippen LogP contribution in [-0.2, 0) is 4.74 Å². The van der Waals surface area contributed by atoms with E-state index in [0.29, 0.717) is 29.3 Å². The number of nitrogens with one attached hydrogen (secondary N) is 1. The Bertz CT molecular complexity index is 703. The molecule has 23 heavy (non-hydrogen) atoms. The van der Waals surface area contributed by atoms with Gasteiger partial charge in [0.2, 0.25) is 0 Å². The van der Waals surface area contributed by atoms with E-state index in [9.17, 15) is 10.1 Å². The summed E-state index contributed by atoms with van der Waals surface area (Å²) in [6, 6.07) is 4.93. The molecule has 2 heterocycles. The summed E-state index contributed by atoms with van der Waals surface area (Å²) in [4.78, 5) is 21.3. The molecule has 1 aliphatic rings. The van der Waals surface area contributed by atoms with Gasteiger partial charge in [0.1, 0.15) is 12.1 Å². The predicted molar refractivity (Wildman–Crippen MR) is 86.5 cm³/mol. The molecule has 122 valence electrons. The van der Waals surface area contributed by atoms with E-state index < -0.39 is 4.92 Å². The molecule has 1 atom stereocenters. The van der Waals surface area contributed by atoms with Gasteiger partial charge in [-0.05, 0) is 13.0 Å². The minimum atomic E-state index is -0.410. The zero-order valence-electron chi connectivity index (χ0n) is 12.9. The number of benzene rings is 1. The standard InChI is InChI=1S/C15H19N5O3/c1-11(19-4-6-23-7-5-19)9-16-15-13-8-12(20(21)22)2-3-14(13)17-10-18-15/h2-3,8,10-11H,4-7,9H2,1H3,(H,16,17,18)/t11-/m0/s1. The lowest BCUT2D eigenvalue weighted by Gasteiger charge is -2.32. The van der Waals surface area contributed by atoms with Gasteiger partial charge in [-0.15, -0.1) is 0 Å². The first kappa shape index (κ1) is 15.6. The highest BCUT2D eigenvalue weighted by molar-refractivity contribution is 5.90. The summed E-state index contributed by atoms with van der Waals surface area (Å²) in [5, 5.41) is 14.9. The SMILES string of the molecule is C[C@@H](CNc1ncnc2ccc([N+](=O)[O-])cc12)N1CCOCC1. The van der Waals surface area contributed by atoms with E-state index in [1.807, 2.05) is 0 Å². The summed E-state index contributed by atoms with van der Waals surface area (Å²) < 4.78 is 5.36. The van der Waals surface area contributed by atoms with Crippen LogP contribution in [0.5, 0.6) is 0 Å². The highest BCUT2D eigenvalue weighted by Crippen LogP contribution is 2.24. The van der Waals surface area contributed by atoms with Crippen molar-refractivity contribution in [2.45, 2.75) is 13.0 Å². The quantitative estimate of drug-likeness (QED) is 0.662. The first-order valence-corrected chi connectivity index (χ1v) is 7.60. The molecule has 1 N–H and O–H groups in total. The molecule has 1 aromatic carbocycles. The van der Waals surface area contributed by atoms with Crippen molar-refractivity contribution in [3.05, 3.63) is 34.6 Å². The summed E-state index contributed by atoms with van der Waals surface area (Å²) in [5.41, 5.74) is 0.726. The third-order valence-corrected chi connectivity index (χ3v) is 4.06. The van der Waals surface area contributed by atoms with Gasteiger partial charge in [0.15, 0.2) is 0 Å². The normalized spacial score (nSPS) is 17.1. The Kier molecular flexibility index (Phi) is 4.63. The molecular weight excluding hydrogens is 298 g/mol. The number of hydrogen-bond donors (Lipinski definition) is 1. The van der Waals surface area contributed by atoms with Crippen molar-refractivity contribution in [3.8, 4) is 0 Å². The van der Waals surface area contributed by atoms with E-state index in [1.54, 1.807) is 6.07 Å². The molecule has 1 aromatic heterocycles. The zero-order valence-corrected chi connectivity index (χ0v) is 12.9. The van der Waals surface area contributed by atoms with Crippen LogP contribution in [0.1, 0.15) is 6.92 Å². The van der Waals surface area contributed by atoms with Gasteiger partial charge in [0.05, 0.1) is 23.7 Å². The fourth-order valence-electron chi connectivity index (χ4n) is 2.69. The molecule has 1 saturated heterocycles. The molecule has 0 saturated carbocycles. The van der Waals surface area contributed by atoms with Crippen LogP contribution < -0.4 is 5.32 Å². The smallest absolute Gasteiger partial charge is 0.270 e. The number of nitrogens with zero attached hydrogens (tertiary/aromatic N) is 4. The Morgan fingerprint density at radius 3 is 2.91 bits per heavy atom. The molecule has 8 nitrogen and oxygen atoms in total. The molecule has 1 aliphatic heterocycles. The Morgan fingerprint density at radius 2 is 2.17 bits per heavy atom. The maximum atomic E-state index is 11.0. The number of nitro benzene ring substituents is 1. The van der Waals surface area contributed by atoms with Crippen molar-refractivity contribution >= 4 is 22.4 Å². The Morgan fingerprint density at radius 1 is 1.39 bits per heavy atom. The number of ether oxygens (including phenoxy) is 1. The second-order valence-corrected chi connectivity index (χ2v) is 5.56. The average Bonchev–Trinajstić information content (AvgIpc) is 2.59. The van der Waals surface area contributed by atoms with Crippen molar-refractivity contribution in [1.82, 2.24) is 14.9 Å². The lowest BCUT2D eigenvalue weighted by molar-refractivity contribution is -0.384. The van der Waals surface area contributed by atoms with Crippen LogP contribution in [0.3, 0.4) is 0 Å². The summed E-state index contributed by atoms with van der Waals surface area (Å²) in [6.07, 6.45) is 1.47. The second kappa shape index (κ2) is 6.84. The number of nitro groups is 1. The highest BCUT2D eigenvalue weighted by atomic mass is 16.6. The van der Waals surface area contributed by atoms with Gasteiger partial charge in [-0.3, -0.25) is 15.0 Å². The van der Waals surface area contributed by atoms with Gasteiger partial charge < -0.3 is 10.1 Å². The van der Waals surface area contributed by atoms with Gasteiger partial charge in [-0.2, -0.15) is 0 Å². The minimum absolute atomic E-state index is 0.0385. The lowest BCUT2D eigenvalue weighted by atomic mass is 10.2. The maximum Gasteiger partial charge on any atom is 0.270 e. The molecule has 0 unspecified atom stereocenters. The monoisotopic (exact) mass is 317 g/mol. The largest absolute Gasteiger partial charge is 0.379 e. The average molecular weight is 317 g/mol. The van der Waals surface area contributed by atoms with Crippen LogP contribution in [0.15, 0.2) is 24.5 Å². The maximum absolute atomic E-state index is 11.0. The fourth-order valence-corrected chi connectivity index (χ4v) is 2.69. The Hall–Kier alpha value is -2.32. The minimum Gasteiger partial charge on any atom is -0.379 e. The molecule has 8 heteroatoms. The molecule has 0 spiro atoms. The van der Waals surface area contributed by atoms with Crippen LogP contribution in [0.25, 0.3) is 10.9 Å². The van der Waals surface area contributed by atoms with Crippen molar-refractivity contribution in [1.29, 1.82) is 0 Å². The molecule has 0 amide bonds. The number of hydrogen-bond acceptors (Lipinski definition) is 7. The van der Waals surface area contributed by atoms with Crippen LogP contribution in [-0.4, -0.2) is 58.7 Å². The number of aromatic nitrogens is 2.